The van der Waals surface area contributed by atoms with Crippen LogP contribution in [0.1, 0.15) is 53.6 Å². The predicted molar refractivity (Wildman–Crippen MR) is 188 cm³/mol. The van der Waals surface area contributed by atoms with Crippen molar-refractivity contribution in [2.75, 3.05) is 33.3 Å². The van der Waals surface area contributed by atoms with E-state index in [1.165, 1.54) is 36.6 Å². The lowest BCUT2D eigenvalue weighted by Crippen LogP contribution is -2.53. The average molecular weight is 699 g/mol. The number of esters is 1. The molecule has 1 amide bonds. The second-order valence-electron chi connectivity index (χ2n) is 13.1. The summed E-state index contributed by atoms with van der Waals surface area (Å²) in [6.07, 6.45) is 2.33. The van der Waals surface area contributed by atoms with Gasteiger partial charge in [-0.2, -0.15) is 0 Å². The van der Waals surface area contributed by atoms with Crippen molar-refractivity contribution in [1.29, 1.82) is 0 Å². The van der Waals surface area contributed by atoms with Gasteiger partial charge in [-0.3, -0.25) is 14.7 Å². The highest BCUT2D eigenvalue weighted by Crippen LogP contribution is 2.41. The van der Waals surface area contributed by atoms with Crippen LogP contribution in [0.4, 0.5) is 10.1 Å². The van der Waals surface area contributed by atoms with E-state index in [1.54, 1.807) is 6.20 Å². The quantitative estimate of drug-likeness (QED) is 0.187. The van der Waals surface area contributed by atoms with Gasteiger partial charge in [0.1, 0.15) is 11.9 Å². The van der Waals surface area contributed by atoms with E-state index in [9.17, 15) is 14.0 Å². The van der Waals surface area contributed by atoms with Crippen molar-refractivity contribution >= 4 is 46.3 Å². The molecule has 3 aromatic rings. The van der Waals surface area contributed by atoms with Crippen LogP contribution >= 0.6 is 22.9 Å². The third-order valence-electron chi connectivity index (χ3n) is 9.49. The van der Waals surface area contributed by atoms with Crippen LogP contribution in [0.2, 0.25) is 5.02 Å². The first-order valence-corrected chi connectivity index (χ1v) is 17.2. The Hall–Kier alpha value is -4.55. The molecule has 0 bridgehead atoms. The summed E-state index contributed by atoms with van der Waals surface area (Å²) in [6.45, 7) is 17.4. The third-order valence-corrected chi connectivity index (χ3v) is 10.6. The molecule has 49 heavy (non-hydrogen) atoms. The van der Waals surface area contributed by atoms with E-state index in [4.69, 9.17) is 27.9 Å². The van der Waals surface area contributed by atoms with Crippen molar-refractivity contribution in [2.45, 2.75) is 46.2 Å². The third kappa shape index (κ3) is 6.84. The maximum absolute atomic E-state index is 14.0. The van der Waals surface area contributed by atoms with E-state index in [0.717, 1.165) is 16.7 Å². The van der Waals surface area contributed by atoms with Gasteiger partial charge in [-0.25, -0.2) is 19.0 Å². The minimum atomic E-state index is -0.848. The molecule has 0 aliphatic carbocycles. The summed E-state index contributed by atoms with van der Waals surface area (Å²) in [5.41, 5.74) is 4.15. The smallest absolute Gasteiger partial charge is 0.338 e. The Morgan fingerprint density at radius 1 is 1.24 bits per heavy atom. The van der Waals surface area contributed by atoms with E-state index in [1.807, 2.05) is 50.1 Å². The molecule has 3 atom stereocenters. The summed E-state index contributed by atoms with van der Waals surface area (Å²) >= 11 is 7.91. The summed E-state index contributed by atoms with van der Waals surface area (Å²) in [4.78, 5) is 44.2. The topological polar surface area (TPSA) is 91.5 Å². The first-order valence-electron chi connectivity index (χ1n) is 16.0. The minimum Gasteiger partial charge on any atom is -0.466 e. The highest BCUT2D eigenvalue weighted by atomic mass is 35.5. The number of aromatic nitrogens is 1. The number of hydrogen-bond acceptors (Lipinski definition) is 8. The number of amidine groups is 1. The fraction of sp³-hybridized carbons (Fsp3) is 0.378. The molecule has 1 aromatic heterocycles. The fourth-order valence-corrected chi connectivity index (χ4v) is 7.79. The molecule has 12 heteroatoms. The largest absolute Gasteiger partial charge is 0.466 e. The molecule has 9 nitrogen and oxygen atoms in total. The molecule has 1 unspecified atom stereocenters. The van der Waals surface area contributed by atoms with Crippen molar-refractivity contribution in [3.8, 4) is 11.8 Å². The summed E-state index contributed by atoms with van der Waals surface area (Å²) < 4.78 is 19.3. The van der Waals surface area contributed by atoms with Gasteiger partial charge in [-0.05, 0) is 57.4 Å². The Kier molecular flexibility index (Phi) is 9.63. The molecular weight excluding hydrogens is 663 g/mol. The lowest BCUT2D eigenvalue weighted by molar-refractivity contribution is -0.136. The van der Waals surface area contributed by atoms with Crippen LogP contribution in [-0.2, 0) is 14.3 Å². The first kappa shape index (κ1) is 34.3. The normalized spacial score (nSPS) is 20.9. The van der Waals surface area contributed by atoms with Gasteiger partial charge >= 0.3 is 5.97 Å². The number of nitrogens with one attached hydrogen (secondary N) is 1. The Balaban J connectivity index is 1.26. The number of aryl methyl sites for hydroxylation is 2. The molecule has 2 aromatic carbocycles. The number of benzene rings is 2. The van der Waals surface area contributed by atoms with Gasteiger partial charge < -0.3 is 15.0 Å². The SMILES string of the molecule is [C-]#[N+]c1cc(C)c(C#CC(C)(C)C2C[C@@H]3CN(CC4=C(C(=O)OC)[C@H](c5ccc(F)cc5Cl)N=C(c5nccs5)N4)CCN3C2=O)c(C)c1. The van der Waals surface area contributed by atoms with Crippen LogP contribution < -0.4 is 5.32 Å². The lowest BCUT2D eigenvalue weighted by Gasteiger charge is -2.39. The average Bonchev–Trinajstić information content (AvgIpc) is 3.72. The van der Waals surface area contributed by atoms with Gasteiger partial charge in [0.25, 0.3) is 0 Å². The van der Waals surface area contributed by atoms with Crippen LogP contribution in [0.25, 0.3) is 4.85 Å². The maximum Gasteiger partial charge on any atom is 0.338 e. The molecule has 3 aliphatic heterocycles. The Labute approximate surface area is 294 Å². The van der Waals surface area contributed by atoms with Gasteiger partial charge in [0.2, 0.25) is 5.91 Å². The molecule has 0 radical (unpaired) electrons. The number of halogens is 2. The number of hydrogen-bond donors (Lipinski definition) is 1. The zero-order valence-corrected chi connectivity index (χ0v) is 29.5. The second kappa shape index (κ2) is 13.8. The van der Waals surface area contributed by atoms with E-state index in [0.29, 0.717) is 60.4 Å². The van der Waals surface area contributed by atoms with Gasteiger partial charge in [0.15, 0.2) is 16.5 Å². The van der Waals surface area contributed by atoms with E-state index < -0.39 is 23.2 Å². The number of nitrogens with zero attached hydrogens (tertiary/aromatic N) is 5. The molecule has 4 heterocycles. The summed E-state index contributed by atoms with van der Waals surface area (Å²) in [7, 11) is 1.31. The number of methoxy groups -OCH3 is 1. The van der Waals surface area contributed by atoms with Gasteiger partial charge in [0.05, 0.1) is 25.2 Å². The van der Waals surface area contributed by atoms with Crippen molar-refractivity contribution in [3.63, 3.8) is 0 Å². The number of thiazole rings is 1. The molecule has 2 saturated heterocycles. The van der Waals surface area contributed by atoms with E-state index >= 15 is 0 Å². The molecule has 0 spiro atoms. The minimum absolute atomic E-state index is 0.0195. The number of carbonyl (C=O) groups excluding carboxylic acids is 2. The zero-order chi connectivity index (χ0) is 35.0. The van der Waals surface area contributed by atoms with Crippen LogP contribution in [-0.4, -0.2) is 71.8 Å². The maximum atomic E-state index is 14.0. The molecule has 3 aliphatic rings. The fourth-order valence-electron chi connectivity index (χ4n) is 6.94. The first-order chi connectivity index (χ1) is 23.4. The standard InChI is InChI=1S/C37H36ClFN6O3S/c1-21-15-24(40-5)16-22(2)26(21)9-10-37(3,4)28-18-25-19-44(12-13-45(25)35(28)46)20-30-31(36(47)48-6)32(27-8-7-23(39)17-29(27)38)43-33(42-30)34-41-11-14-49-34/h7-8,11,14-17,25,28,32H,12-13,18-20H2,1-4,6H3,(H,42,43)/t25-,28?,32+/m1/s1. The highest BCUT2D eigenvalue weighted by molar-refractivity contribution is 7.11. The molecule has 0 saturated carbocycles. The number of aliphatic imine (C=N–C) groups is 1. The van der Waals surface area contributed by atoms with Gasteiger partial charge in [0, 0.05) is 71.1 Å². The van der Waals surface area contributed by atoms with E-state index in [2.05, 4.69) is 31.9 Å². The molecule has 6 rings (SSSR count). The summed E-state index contributed by atoms with van der Waals surface area (Å²) in [6, 6.07) is 6.86. The van der Waals surface area contributed by atoms with Crippen LogP contribution in [0.15, 0.2) is 58.2 Å². The van der Waals surface area contributed by atoms with Crippen molar-refractivity contribution in [1.82, 2.24) is 20.1 Å². The van der Waals surface area contributed by atoms with Gasteiger partial charge in [-0.1, -0.05) is 41.6 Å². The van der Waals surface area contributed by atoms with Crippen molar-refractivity contribution in [3.05, 3.63) is 103 Å². The van der Waals surface area contributed by atoms with Crippen LogP contribution in [0.5, 0.6) is 0 Å². The summed E-state index contributed by atoms with van der Waals surface area (Å²) in [5.74, 6) is 6.00. The number of amides is 1. The summed E-state index contributed by atoms with van der Waals surface area (Å²) in [5, 5.41) is 5.97. The molecule has 252 valence electrons. The Morgan fingerprint density at radius 3 is 2.65 bits per heavy atom. The van der Waals surface area contributed by atoms with Crippen molar-refractivity contribution in [2.24, 2.45) is 16.3 Å². The monoisotopic (exact) mass is 698 g/mol. The molecule has 1 N–H and O–H groups in total. The van der Waals surface area contributed by atoms with Crippen LogP contribution in [0, 0.1) is 49.4 Å². The Morgan fingerprint density at radius 2 is 2.00 bits per heavy atom. The number of fused-ring (bicyclic) bond motifs is 1. The highest BCUT2D eigenvalue weighted by Gasteiger charge is 2.48. The predicted octanol–water partition coefficient (Wildman–Crippen LogP) is 6.23. The second-order valence-corrected chi connectivity index (χ2v) is 14.4. The number of piperazine rings is 1. The number of ether oxygens (including phenoxy) is 1. The Bertz CT molecular complexity index is 1970. The van der Waals surface area contributed by atoms with E-state index in [-0.39, 0.29) is 28.5 Å². The number of carbonyl (C=O) groups is 2. The van der Waals surface area contributed by atoms with Crippen molar-refractivity contribution < 1.29 is 18.7 Å². The number of rotatable bonds is 6. The van der Waals surface area contributed by atoms with Gasteiger partial charge in [-0.15, -0.1) is 11.3 Å². The van der Waals surface area contributed by atoms with Crippen LogP contribution in [0.3, 0.4) is 0 Å². The zero-order valence-electron chi connectivity index (χ0n) is 27.9. The lowest BCUT2D eigenvalue weighted by atomic mass is 9.77. The molecule has 2 fully saturated rings. The molecular formula is C37H36ClFN6O3S.